The molecule has 12 nitrogen and oxygen atoms in total. The van der Waals surface area contributed by atoms with Crippen molar-refractivity contribution in [1.82, 2.24) is 0 Å². The quantitative estimate of drug-likeness (QED) is 0.193. The van der Waals surface area contributed by atoms with Gasteiger partial charge in [0.15, 0.2) is 5.44 Å². The molecule has 0 aromatic carbocycles. The van der Waals surface area contributed by atoms with E-state index in [1.807, 2.05) is 0 Å². The zero-order valence-electron chi connectivity index (χ0n) is 9.87. The van der Waals surface area contributed by atoms with Crippen molar-refractivity contribution in [1.29, 1.82) is 0 Å². The Morgan fingerprint density at radius 2 is 1.10 bits per heavy atom. The van der Waals surface area contributed by atoms with Crippen molar-refractivity contribution in [3.63, 3.8) is 0 Å². The summed E-state index contributed by atoms with van der Waals surface area (Å²) in [7, 11) is -15.7. The van der Waals surface area contributed by atoms with E-state index in [2.05, 4.69) is 0 Å². The molecule has 0 saturated carbocycles. The third kappa shape index (κ3) is 6.32. The van der Waals surface area contributed by atoms with Crippen LogP contribution in [0.3, 0.4) is 0 Å². The zero-order valence-corrected chi connectivity index (χ0v) is 12.3. The van der Waals surface area contributed by atoms with Crippen LogP contribution in [0.1, 0.15) is 6.42 Å². The first kappa shape index (κ1) is 20.3. The van der Waals surface area contributed by atoms with Crippen molar-refractivity contribution in [2.45, 2.75) is 22.7 Å². The van der Waals surface area contributed by atoms with Crippen LogP contribution in [-0.2, 0) is 30.4 Å². The maximum Gasteiger partial charge on any atom is 0.296 e. The van der Waals surface area contributed by atoms with Crippen LogP contribution < -0.4 is 0 Å². The second-order valence-corrected chi connectivity index (χ2v) is 8.17. The van der Waals surface area contributed by atoms with E-state index >= 15 is 0 Å². The smallest absolute Gasteiger partial charge is 0.296 e. The van der Waals surface area contributed by atoms with Crippen molar-refractivity contribution < 1.29 is 54.2 Å². The zero-order chi connectivity index (χ0) is 17.2. The SMILES string of the molecule is O=S(=O)(O)[C@H](O)CC=C([C@@H](O)S(=O)(=O)O)[C@H](O)S(=O)(=O)O. The fourth-order valence-electron chi connectivity index (χ4n) is 1.03. The Balaban J connectivity index is 5.75. The van der Waals surface area contributed by atoms with Crippen molar-refractivity contribution in [3.8, 4) is 0 Å². The lowest BCUT2D eigenvalue weighted by molar-refractivity contribution is 0.204. The van der Waals surface area contributed by atoms with Crippen LogP contribution in [0.15, 0.2) is 11.6 Å². The van der Waals surface area contributed by atoms with Gasteiger partial charge < -0.3 is 15.3 Å². The summed E-state index contributed by atoms with van der Waals surface area (Å²) in [5.74, 6) is 0. The standard InChI is InChI=1S/C6H12O12S3/c7-4(19(10,11)12)2-1-3(5(8)20(13,14)15)6(9)21(16,17)18/h1,4-9H,2H2,(H,10,11,12)(H,13,14,15)(H,16,17,18)/t4-,5-,6+/m0/s1. The number of rotatable bonds is 7. The van der Waals surface area contributed by atoms with Gasteiger partial charge in [0.05, 0.1) is 0 Å². The Morgan fingerprint density at radius 1 is 0.762 bits per heavy atom. The van der Waals surface area contributed by atoms with Crippen LogP contribution >= 0.6 is 0 Å². The number of hydrogen-bond acceptors (Lipinski definition) is 9. The van der Waals surface area contributed by atoms with Crippen molar-refractivity contribution in [3.05, 3.63) is 11.6 Å². The van der Waals surface area contributed by atoms with Crippen LogP contribution in [0.4, 0.5) is 0 Å². The van der Waals surface area contributed by atoms with Crippen LogP contribution in [0.5, 0.6) is 0 Å². The summed E-state index contributed by atoms with van der Waals surface area (Å²) in [6.45, 7) is 0. The van der Waals surface area contributed by atoms with Crippen molar-refractivity contribution in [2.24, 2.45) is 0 Å². The van der Waals surface area contributed by atoms with Gasteiger partial charge in [-0.15, -0.1) is 0 Å². The molecule has 0 bridgehead atoms. The largest absolute Gasteiger partial charge is 0.375 e. The van der Waals surface area contributed by atoms with Gasteiger partial charge in [-0.1, -0.05) is 6.08 Å². The maximum atomic E-state index is 10.7. The van der Waals surface area contributed by atoms with Crippen molar-refractivity contribution >= 4 is 30.4 Å². The van der Waals surface area contributed by atoms with Gasteiger partial charge in [0, 0.05) is 12.0 Å². The fourth-order valence-corrected chi connectivity index (χ4v) is 2.59. The lowest BCUT2D eigenvalue weighted by Crippen LogP contribution is -2.34. The molecule has 0 saturated heterocycles. The molecule has 0 unspecified atom stereocenters. The predicted molar refractivity (Wildman–Crippen MR) is 65.4 cm³/mol. The molecule has 21 heavy (non-hydrogen) atoms. The average Bonchev–Trinajstić information content (AvgIpc) is 2.24. The summed E-state index contributed by atoms with van der Waals surface area (Å²) in [6.07, 6.45) is -0.956. The molecular formula is C6H12O12S3. The summed E-state index contributed by atoms with van der Waals surface area (Å²) < 4.78 is 89.3. The van der Waals surface area contributed by atoms with E-state index in [1.54, 1.807) is 0 Å². The summed E-state index contributed by atoms with van der Waals surface area (Å²) in [5, 5.41) is 27.3. The Morgan fingerprint density at radius 3 is 1.33 bits per heavy atom. The molecule has 0 amide bonds. The molecule has 0 aliphatic carbocycles. The highest BCUT2D eigenvalue weighted by Crippen LogP contribution is 2.19. The van der Waals surface area contributed by atoms with E-state index in [4.69, 9.17) is 29.0 Å². The molecule has 0 fully saturated rings. The van der Waals surface area contributed by atoms with Gasteiger partial charge in [0.2, 0.25) is 10.9 Å². The average molecular weight is 372 g/mol. The van der Waals surface area contributed by atoms with E-state index in [-0.39, 0.29) is 6.08 Å². The van der Waals surface area contributed by atoms with Gasteiger partial charge in [-0.05, 0) is 0 Å². The van der Waals surface area contributed by atoms with Gasteiger partial charge in [0.1, 0.15) is 0 Å². The molecule has 15 heteroatoms. The first-order valence-electron chi connectivity index (χ1n) is 4.71. The predicted octanol–water partition coefficient (Wildman–Crippen LogP) is -3.08. The van der Waals surface area contributed by atoms with E-state index in [9.17, 15) is 25.3 Å². The molecule has 6 N–H and O–H groups in total. The molecule has 0 aliphatic rings. The van der Waals surface area contributed by atoms with Crippen LogP contribution in [0, 0.1) is 0 Å². The van der Waals surface area contributed by atoms with Crippen molar-refractivity contribution in [2.75, 3.05) is 0 Å². The normalized spacial score (nSPS) is 19.0. The van der Waals surface area contributed by atoms with E-state index in [0.29, 0.717) is 0 Å². The highest BCUT2D eigenvalue weighted by Gasteiger charge is 2.35. The minimum Gasteiger partial charge on any atom is -0.375 e. The number of aliphatic hydroxyl groups is 3. The minimum absolute atomic E-state index is 0.204. The summed E-state index contributed by atoms with van der Waals surface area (Å²) in [6, 6.07) is 0. The minimum atomic E-state index is -5.33. The Hall–Kier alpha value is -0.650. The monoisotopic (exact) mass is 372 g/mol. The van der Waals surface area contributed by atoms with Crippen LogP contribution in [0.2, 0.25) is 0 Å². The van der Waals surface area contributed by atoms with Crippen LogP contribution in [-0.4, -0.2) is 70.5 Å². The third-order valence-corrected chi connectivity index (χ3v) is 4.59. The van der Waals surface area contributed by atoms with Gasteiger partial charge in [0.25, 0.3) is 30.4 Å². The van der Waals surface area contributed by atoms with Gasteiger partial charge in [-0.25, -0.2) is 0 Å². The van der Waals surface area contributed by atoms with E-state index in [1.165, 1.54) is 0 Å². The lowest BCUT2D eigenvalue weighted by Gasteiger charge is -2.16. The number of hydrogen-bond donors (Lipinski definition) is 6. The highest BCUT2D eigenvalue weighted by atomic mass is 32.2. The Labute approximate surface area is 119 Å². The second-order valence-electron chi connectivity index (χ2n) is 3.64. The third-order valence-electron chi connectivity index (χ3n) is 2.03. The van der Waals surface area contributed by atoms with Gasteiger partial charge >= 0.3 is 0 Å². The molecule has 0 heterocycles. The van der Waals surface area contributed by atoms with Gasteiger partial charge in [-0.3, -0.25) is 13.7 Å². The molecule has 0 aliphatic heterocycles. The fraction of sp³-hybridized carbons (Fsp3) is 0.667. The summed E-state index contributed by atoms with van der Waals surface area (Å²) >= 11 is 0. The van der Waals surface area contributed by atoms with Gasteiger partial charge in [-0.2, -0.15) is 25.3 Å². The molecule has 126 valence electrons. The molecular weight excluding hydrogens is 360 g/mol. The molecule has 0 radical (unpaired) electrons. The molecule has 0 aromatic rings. The maximum absolute atomic E-state index is 10.7. The summed E-state index contributed by atoms with van der Waals surface area (Å²) in [5.41, 5.74) is -10.0. The highest BCUT2D eigenvalue weighted by molar-refractivity contribution is 7.87. The van der Waals surface area contributed by atoms with E-state index in [0.717, 1.165) is 0 Å². The Bertz CT molecular complexity index is 658. The lowest BCUT2D eigenvalue weighted by atomic mass is 10.2. The topological polar surface area (TPSA) is 224 Å². The number of aliphatic hydroxyl groups excluding tert-OH is 3. The van der Waals surface area contributed by atoms with E-state index < -0.39 is 58.7 Å². The first-order valence-corrected chi connectivity index (χ1v) is 9.22. The second kappa shape index (κ2) is 6.63. The summed E-state index contributed by atoms with van der Waals surface area (Å²) in [4.78, 5) is 0. The Kier molecular flexibility index (Phi) is 6.42. The van der Waals surface area contributed by atoms with Crippen LogP contribution in [0.25, 0.3) is 0 Å². The molecule has 0 spiro atoms. The molecule has 0 rings (SSSR count). The first-order chi connectivity index (χ1) is 9.08. The molecule has 3 atom stereocenters. The molecule has 0 aromatic heterocycles.